The number of nitrogens with zero attached hydrogens (tertiary/aromatic N) is 2. The van der Waals surface area contributed by atoms with E-state index in [1.165, 1.54) is 23.5 Å². The highest BCUT2D eigenvalue weighted by atomic mass is 32.2. The number of carbonyl (C=O) groups excluding carboxylic acids is 1. The van der Waals surface area contributed by atoms with Crippen LogP contribution in [0, 0.1) is 19.3 Å². The van der Waals surface area contributed by atoms with Gasteiger partial charge in [0.2, 0.25) is 15.9 Å². The number of benzene rings is 2. The summed E-state index contributed by atoms with van der Waals surface area (Å²) in [6, 6.07) is 12.6. The maximum atomic E-state index is 13.2. The largest absolute Gasteiger partial charge is 0.495 e. The molecule has 34 heavy (non-hydrogen) atoms. The van der Waals surface area contributed by atoms with Crippen LogP contribution >= 0.6 is 0 Å². The Hall–Kier alpha value is -2.86. The van der Waals surface area contributed by atoms with Gasteiger partial charge in [-0.2, -0.15) is 4.31 Å². The first-order valence-electron chi connectivity index (χ1n) is 11.5. The number of rotatable bonds is 9. The molecular weight excluding hydrogens is 450 g/mol. The highest BCUT2D eigenvalue weighted by Gasteiger charge is 2.26. The van der Waals surface area contributed by atoms with Crippen molar-refractivity contribution in [3.8, 4) is 18.1 Å². The zero-order chi connectivity index (χ0) is 24.6. The number of hydrogen-bond donors (Lipinski definition) is 1. The lowest BCUT2D eigenvalue weighted by Crippen LogP contribution is -2.33. The first-order valence-corrected chi connectivity index (χ1v) is 13.0. The smallest absolute Gasteiger partial charge is 0.243 e. The molecule has 1 N–H and O–H groups in total. The van der Waals surface area contributed by atoms with Gasteiger partial charge >= 0.3 is 0 Å². The molecule has 7 nitrogen and oxygen atoms in total. The van der Waals surface area contributed by atoms with E-state index in [1.807, 2.05) is 36.1 Å². The predicted octanol–water partition coefficient (Wildman–Crippen LogP) is 3.64. The predicted molar refractivity (Wildman–Crippen MR) is 134 cm³/mol. The average molecular weight is 484 g/mol. The maximum Gasteiger partial charge on any atom is 0.243 e. The second-order valence-electron chi connectivity index (χ2n) is 8.56. The van der Waals surface area contributed by atoms with E-state index in [9.17, 15) is 13.2 Å². The number of anilines is 1. The molecule has 0 atom stereocenters. The highest BCUT2D eigenvalue weighted by molar-refractivity contribution is 7.89. The van der Waals surface area contributed by atoms with Crippen LogP contribution in [-0.4, -0.2) is 56.8 Å². The van der Waals surface area contributed by atoms with Gasteiger partial charge in [0.1, 0.15) is 5.75 Å². The minimum absolute atomic E-state index is 0.0599. The van der Waals surface area contributed by atoms with Gasteiger partial charge in [0, 0.05) is 19.6 Å². The summed E-state index contributed by atoms with van der Waals surface area (Å²) < 4.78 is 33.3. The zero-order valence-corrected chi connectivity index (χ0v) is 20.7. The van der Waals surface area contributed by atoms with Gasteiger partial charge in [-0.25, -0.2) is 8.42 Å². The van der Waals surface area contributed by atoms with Crippen molar-refractivity contribution >= 4 is 21.6 Å². The summed E-state index contributed by atoms with van der Waals surface area (Å²) in [5.41, 5.74) is 2.53. The van der Waals surface area contributed by atoms with E-state index in [0.29, 0.717) is 37.6 Å². The second kappa shape index (κ2) is 12.0. The Morgan fingerprint density at radius 3 is 2.41 bits per heavy atom. The second-order valence-corrected chi connectivity index (χ2v) is 10.5. The molecule has 1 aliphatic heterocycles. The fourth-order valence-corrected chi connectivity index (χ4v) is 5.56. The Bertz CT molecular complexity index is 1120. The normalized spacial score (nSPS) is 14.9. The lowest BCUT2D eigenvalue weighted by atomic mass is 10.1. The van der Waals surface area contributed by atoms with Crippen molar-refractivity contribution in [2.75, 3.05) is 38.6 Å². The van der Waals surface area contributed by atoms with Crippen LogP contribution in [-0.2, 0) is 21.4 Å². The molecule has 0 aliphatic carbocycles. The van der Waals surface area contributed by atoms with Gasteiger partial charge in [0.25, 0.3) is 0 Å². The van der Waals surface area contributed by atoms with Gasteiger partial charge in [-0.3, -0.25) is 9.69 Å². The first-order chi connectivity index (χ1) is 16.3. The summed E-state index contributed by atoms with van der Waals surface area (Å²) in [5, 5.41) is 2.82. The van der Waals surface area contributed by atoms with Crippen LogP contribution in [0.2, 0.25) is 0 Å². The fourth-order valence-electron chi connectivity index (χ4n) is 4.02. The third-order valence-electron chi connectivity index (χ3n) is 5.86. The van der Waals surface area contributed by atoms with E-state index >= 15 is 0 Å². The monoisotopic (exact) mass is 483 g/mol. The van der Waals surface area contributed by atoms with Crippen LogP contribution in [0.3, 0.4) is 0 Å². The van der Waals surface area contributed by atoms with Crippen LogP contribution in [0.5, 0.6) is 5.75 Å². The number of hydrogen-bond acceptors (Lipinski definition) is 5. The quantitative estimate of drug-likeness (QED) is 0.551. The topological polar surface area (TPSA) is 79.0 Å². The molecule has 0 unspecified atom stereocenters. The minimum atomic E-state index is -3.66. The van der Waals surface area contributed by atoms with Crippen molar-refractivity contribution in [3.63, 3.8) is 0 Å². The Morgan fingerprint density at radius 2 is 1.79 bits per heavy atom. The summed E-state index contributed by atoms with van der Waals surface area (Å²) >= 11 is 0. The summed E-state index contributed by atoms with van der Waals surface area (Å²) in [6.07, 6.45) is 9.29. The molecule has 1 amide bonds. The third-order valence-corrected chi connectivity index (χ3v) is 7.75. The lowest BCUT2D eigenvalue weighted by Gasteiger charge is -2.22. The molecule has 0 spiro atoms. The molecule has 8 heteroatoms. The standard InChI is InChI=1S/C26H33N3O4S/c1-4-15-28(19-22-11-9-21(2)10-12-22)20-26(30)27-24-18-23(13-14-25(24)33-3)34(31,32)29-16-7-5-6-8-17-29/h1,9-14,18H,5-8,15-17,19-20H2,2-3H3,(H,27,30). The number of terminal acetylenes is 1. The number of methoxy groups -OCH3 is 1. The number of ether oxygens (including phenoxy) is 1. The van der Waals surface area contributed by atoms with Crippen LogP contribution in [0.1, 0.15) is 36.8 Å². The first kappa shape index (κ1) is 25.8. The summed E-state index contributed by atoms with van der Waals surface area (Å²) in [7, 11) is -2.17. The molecule has 1 saturated heterocycles. The number of aryl methyl sites for hydroxylation is 1. The molecule has 0 aromatic heterocycles. The minimum Gasteiger partial charge on any atom is -0.495 e. The van der Waals surface area contributed by atoms with E-state index in [0.717, 1.165) is 36.8 Å². The number of nitrogens with one attached hydrogen (secondary N) is 1. The van der Waals surface area contributed by atoms with Crippen LogP contribution in [0.4, 0.5) is 5.69 Å². The van der Waals surface area contributed by atoms with E-state index in [2.05, 4.69) is 11.2 Å². The van der Waals surface area contributed by atoms with Gasteiger partial charge in [-0.05, 0) is 43.5 Å². The van der Waals surface area contributed by atoms with Crippen molar-refractivity contribution in [2.24, 2.45) is 0 Å². The summed E-state index contributed by atoms with van der Waals surface area (Å²) in [5.74, 6) is 2.69. The van der Waals surface area contributed by atoms with Gasteiger partial charge in [-0.1, -0.05) is 48.6 Å². The number of amides is 1. The summed E-state index contributed by atoms with van der Waals surface area (Å²) in [6.45, 7) is 3.93. The van der Waals surface area contributed by atoms with Crippen molar-refractivity contribution in [1.29, 1.82) is 0 Å². The highest BCUT2D eigenvalue weighted by Crippen LogP contribution is 2.30. The van der Waals surface area contributed by atoms with Crippen LogP contribution in [0.15, 0.2) is 47.4 Å². The molecule has 1 aliphatic rings. The van der Waals surface area contributed by atoms with Gasteiger partial charge in [0.05, 0.1) is 30.8 Å². The molecule has 2 aromatic rings. The average Bonchev–Trinajstić information content (AvgIpc) is 3.11. The molecule has 1 fully saturated rings. The molecule has 1 heterocycles. The molecule has 3 rings (SSSR count). The molecule has 0 bridgehead atoms. The van der Waals surface area contributed by atoms with E-state index in [4.69, 9.17) is 11.2 Å². The third kappa shape index (κ3) is 6.83. The molecule has 182 valence electrons. The SMILES string of the molecule is C#CCN(CC(=O)Nc1cc(S(=O)(=O)N2CCCCCC2)ccc1OC)Cc1ccc(C)cc1. The number of sulfonamides is 1. The van der Waals surface area contributed by atoms with Gasteiger partial charge in [-0.15, -0.1) is 6.42 Å². The Balaban J connectivity index is 1.75. The Kier molecular flexibility index (Phi) is 9.11. The molecule has 0 saturated carbocycles. The zero-order valence-electron chi connectivity index (χ0n) is 19.9. The molecular formula is C26H33N3O4S. The molecule has 2 aromatic carbocycles. The van der Waals surface area contributed by atoms with Crippen LogP contribution < -0.4 is 10.1 Å². The van der Waals surface area contributed by atoms with Gasteiger partial charge < -0.3 is 10.1 Å². The lowest BCUT2D eigenvalue weighted by molar-refractivity contribution is -0.117. The Morgan fingerprint density at radius 1 is 1.12 bits per heavy atom. The Labute approximate surface area is 203 Å². The van der Waals surface area contributed by atoms with E-state index in [1.54, 1.807) is 6.07 Å². The summed E-state index contributed by atoms with van der Waals surface area (Å²) in [4.78, 5) is 14.9. The van der Waals surface area contributed by atoms with Gasteiger partial charge in [0.15, 0.2) is 0 Å². The fraction of sp³-hybridized carbons (Fsp3) is 0.423. The number of carbonyl (C=O) groups is 1. The van der Waals surface area contributed by atoms with Crippen molar-refractivity contribution in [3.05, 3.63) is 53.6 Å². The maximum absolute atomic E-state index is 13.2. The van der Waals surface area contributed by atoms with Crippen molar-refractivity contribution < 1.29 is 17.9 Å². The molecule has 0 radical (unpaired) electrons. The van der Waals surface area contributed by atoms with Crippen molar-refractivity contribution in [1.82, 2.24) is 9.21 Å². The van der Waals surface area contributed by atoms with E-state index in [-0.39, 0.29) is 17.3 Å². The van der Waals surface area contributed by atoms with Crippen LogP contribution in [0.25, 0.3) is 0 Å². The van der Waals surface area contributed by atoms with E-state index < -0.39 is 10.0 Å². The van der Waals surface area contributed by atoms with Crippen molar-refractivity contribution in [2.45, 2.75) is 44.0 Å².